The predicted octanol–water partition coefficient (Wildman–Crippen LogP) is 3.29. The van der Waals surface area contributed by atoms with Gasteiger partial charge in [-0.05, 0) is 26.2 Å². The van der Waals surface area contributed by atoms with Gasteiger partial charge in [0.1, 0.15) is 9.88 Å². The molecule has 0 saturated carbocycles. The molecule has 5 nitrogen and oxygen atoms in total. The van der Waals surface area contributed by atoms with Gasteiger partial charge in [0.25, 0.3) is 5.91 Å². The van der Waals surface area contributed by atoms with E-state index in [1.165, 1.54) is 11.3 Å². The third-order valence-corrected chi connectivity index (χ3v) is 5.22. The lowest BCUT2D eigenvalue weighted by Crippen LogP contribution is -2.38. The summed E-state index contributed by atoms with van der Waals surface area (Å²) in [6.07, 6.45) is 3.20. The minimum absolute atomic E-state index is 0.117. The molecule has 2 heterocycles. The Bertz CT molecular complexity index is 721. The van der Waals surface area contributed by atoms with E-state index in [-0.39, 0.29) is 12.5 Å². The second-order valence-corrected chi connectivity index (χ2v) is 6.82. The van der Waals surface area contributed by atoms with Gasteiger partial charge in [-0.25, -0.2) is 9.78 Å². The molecule has 0 N–H and O–H groups in total. The van der Waals surface area contributed by atoms with E-state index in [9.17, 15) is 9.59 Å². The average molecular weight is 344 g/mol. The van der Waals surface area contributed by atoms with E-state index >= 15 is 0 Å². The third kappa shape index (κ3) is 3.82. The number of hydrogen-bond acceptors (Lipinski definition) is 5. The average Bonchev–Trinajstić information content (AvgIpc) is 3.03. The largest absolute Gasteiger partial charge is 0.451 e. The number of esters is 1. The fourth-order valence-electron chi connectivity index (χ4n) is 2.72. The molecule has 126 valence electrons. The van der Waals surface area contributed by atoms with Crippen molar-refractivity contribution in [1.29, 1.82) is 0 Å². The van der Waals surface area contributed by atoms with Crippen molar-refractivity contribution in [3.63, 3.8) is 0 Å². The highest BCUT2D eigenvalue weighted by Crippen LogP contribution is 2.28. The van der Waals surface area contributed by atoms with Gasteiger partial charge in [-0.2, -0.15) is 0 Å². The molecule has 0 atom stereocenters. The van der Waals surface area contributed by atoms with Gasteiger partial charge in [0.15, 0.2) is 6.61 Å². The first kappa shape index (κ1) is 16.6. The standard InChI is InChI=1S/C18H20N2O3S/c1-13-16(24-17(19-13)14-8-4-2-5-9-14)18(22)23-12-15(21)20-10-6-3-7-11-20/h2,4-5,8-9H,3,6-7,10-12H2,1H3. The molecular formula is C18H20N2O3S. The van der Waals surface area contributed by atoms with Crippen LogP contribution in [0, 0.1) is 6.92 Å². The smallest absolute Gasteiger partial charge is 0.350 e. The number of carbonyl (C=O) groups is 2. The van der Waals surface area contributed by atoms with Crippen LogP contribution < -0.4 is 0 Å². The Morgan fingerprint density at radius 1 is 1.17 bits per heavy atom. The van der Waals surface area contributed by atoms with Crippen LogP contribution in [-0.2, 0) is 9.53 Å². The van der Waals surface area contributed by atoms with Crippen LogP contribution in [-0.4, -0.2) is 41.5 Å². The Labute approximate surface area is 145 Å². The summed E-state index contributed by atoms with van der Waals surface area (Å²) in [4.78, 5) is 31.0. The van der Waals surface area contributed by atoms with E-state index in [0.29, 0.717) is 10.6 Å². The quantitative estimate of drug-likeness (QED) is 0.799. The first-order valence-corrected chi connectivity index (χ1v) is 8.94. The van der Waals surface area contributed by atoms with Crippen LogP contribution in [0.1, 0.15) is 34.6 Å². The summed E-state index contributed by atoms with van der Waals surface area (Å²) in [5.41, 5.74) is 1.60. The number of aryl methyl sites for hydroxylation is 1. The lowest BCUT2D eigenvalue weighted by atomic mass is 10.1. The molecule has 1 aliphatic heterocycles. The van der Waals surface area contributed by atoms with Crippen LogP contribution in [0.25, 0.3) is 10.6 Å². The molecule has 0 radical (unpaired) electrons. The normalized spacial score (nSPS) is 14.5. The van der Waals surface area contributed by atoms with Crippen LogP contribution in [0.5, 0.6) is 0 Å². The monoisotopic (exact) mass is 344 g/mol. The number of piperidine rings is 1. The number of benzene rings is 1. The molecule has 24 heavy (non-hydrogen) atoms. The van der Waals surface area contributed by atoms with Gasteiger partial charge in [-0.1, -0.05) is 30.3 Å². The minimum atomic E-state index is -0.474. The van der Waals surface area contributed by atoms with Crippen LogP contribution >= 0.6 is 11.3 Å². The van der Waals surface area contributed by atoms with Crippen molar-refractivity contribution >= 4 is 23.2 Å². The Morgan fingerprint density at radius 2 is 1.88 bits per heavy atom. The fourth-order valence-corrected chi connectivity index (χ4v) is 3.68. The highest BCUT2D eigenvalue weighted by Gasteiger charge is 2.21. The summed E-state index contributed by atoms with van der Waals surface area (Å²) < 4.78 is 5.21. The molecule has 0 spiro atoms. The summed E-state index contributed by atoms with van der Waals surface area (Å²) >= 11 is 1.30. The molecule has 1 aromatic carbocycles. The molecule has 1 saturated heterocycles. The topological polar surface area (TPSA) is 59.5 Å². The number of thiazole rings is 1. The molecule has 1 aliphatic rings. The zero-order valence-corrected chi connectivity index (χ0v) is 14.5. The SMILES string of the molecule is Cc1nc(-c2ccccc2)sc1C(=O)OCC(=O)N1CCCCC1. The Morgan fingerprint density at radius 3 is 2.58 bits per heavy atom. The number of amides is 1. The van der Waals surface area contributed by atoms with Crippen LogP contribution in [0.2, 0.25) is 0 Å². The first-order chi connectivity index (χ1) is 11.6. The maximum absolute atomic E-state index is 12.3. The van der Waals surface area contributed by atoms with Gasteiger partial charge >= 0.3 is 5.97 Å². The van der Waals surface area contributed by atoms with Gasteiger partial charge in [0.2, 0.25) is 0 Å². The van der Waals surface area contributed by atoms with E-state index in [2.05, 4.69) is 4.98 Å². The first-order valence-electron chi connectivity index (χ1n) is 8.13. The number of nitrogens with zero attached hydrogens (tertiary/aromatic N) is 2. The van der Waals surface area contributed by atoms with Gasteiger partial charge < -0.3 is 9.64 Å². The van der Waals surface area contributed by atoms with Crippen LogP contribution in [0.3, 0.4) is 0 Å². The van der Waals surface area contributed by atoms with Gasteiger partial charge in [0, 0.05) is 18.7 Å². The summed E-state index contributed by atoms with van der Waals surface area (Å²) in [5, 5.41) is 0.780. The zero-order chi connectivity index (χ0) is 16.9. The number of carbonyl (C=O) groups excluding carboxylic acids is 2. The summed E-state index contributed by atoms with van der Waals surface area (Å²) in [6.45, 7) is 3.10. The molecule has 1 amide bonds. The second kappa shape index (κ2) is 7.57. The van der Waals surface area contributed by atoms with Crippen molar-refractivity contribution in [2.75, 3.05) is 19.7 Å². The van der Waals surface area contributed by atoms with E-state index < -0.39 is 5.97 Å². The lowest BCUT2D eigenvalue weighted by molar-refractivity contribution is -0.135. The van der Waals surface area contributed by atoms with Crippen molar-refractivity contribution < 1.29 is 14.3 Å². The Balaban J connectivity index is 1.63. The lowest BCUT2D eigenvalue weighted by Gasteiger charge is -2.26. The van der Waals surface area contributed by atoms with Crippen molar-refractivity contribution in [3.05, 3.63) is 40.9 Å². The predicted molar refractivity (Wildman–Crippen MR) is 93.0 cm³/mol. The highest BCUT2D eigenvalue weighted by atomic mass is 32.1. The molecular weight excluding hydrogens is 324 g/mol. The maximum atomic E-state index is 12.3. The minimum Gasteiger partial charge on any atom is -0.451 e. The van der Waals surface area contributed by atoms with Crippen LogP contribution in [0.4, 0.5) is 0 Å². The van der Waals surface area contributed by atoms with E-state index in [4.69, 9.17) is 4.74 Å². The van der Waals surface area contributed by atoms with Gasteiger partial charge in [-0.3, -0.25) is 4.79 Å². The van der Waals surface area contributed by atoms with E-state index in [0.717, 1.165) is 42.9 Å². The van der Waals surface area contributed by atoms with Gasteiger partial charge in [0.05, 0.1) is 5.69 Å². The third-order valence-electron chi connectivity index (χ3n) is 4.04. The molecule has 6 heteroatoms. The van der Waals surface area contributed by atoms with Crippen molar-refractivity contribution in [2.45, 2.75) is 26.2 Å². The molecule has 2 aromatic rings. The second-order valence-electron chi connectivity index (χ2n) is 5.82. The number of hydrogen-bond donors (Lipinski definition) is 0. The van der Waals surface area contributed by atoms with E-state index in [1.807, 2.05) is 30.3 Å². The number of likely N-dealkylation sites (tertiary alicyclic amines) is 1. The fraction of sp³-hybridized carbons (Fsp3) is 0.389. The zero-order valence-electron chi connectivity index (χ0n) is 13.7. The van der Waals surface area contributed by atoms with Crippen molar-refractivity contribution in [2.24, 2.45) is 0 Å². The molecule has 3 rings (SSSR count). The molecule has 0 unspecified atom stereocenters. The van der Waals surface area contributed by atoms with E-state index in [1.54, 1.807) is 11.8 Å². The number of ether oxygens (including phenoxy) is 1. The molecule has 1 fully saturated rings. The summed E-state index contributed by atoms with van der Waals surface area (Å²) in [5.74, 6) is -0.592. The van der Waals surface area contributed by atoms with Gasteiger partial charge in [-0.15, -0.1) is 11.3 Å². The summed E-state index contributed by atoms with van der Waals surface area (Å²) in [7, 11) is 0. The van der Waals surface area contributed by atoms with Crippen molar-refractivity contribution in [1.82, 2.24) is 9.88 Å². The molecule has 1 aromatic heterocycles. The van der Waals surface area contributed by atoms with Crippen LogP contribution in [0.15, 0.2) is 30.3 Å². The summed E-state index contributed by atoms with van der Waals surface area (Å²) in [6, 6.07) is 9.70. The molecule has 0 bridgehead atoms. The Kier molecular flexibility index (Phi) is 5.25. The van der Waals surface area contributed by atoms with Crippen molar-refractivity contribution in [3.8, 4) is 10.6 Å². The number of rotatable bonds is 4. The number of aromatic nitrogens is 1. The molecule has 0 aliphatic carbocycles. The highest BCUT2D eigenvalue weighted by molar-refractivity contribution is 7.17. The Hall–Kier alpha value is -2.21. The maximum Gasteiger partial charge on any atom is 0.350 e.